The lowest BCUT2D eigenvalue weighted by Crippen LogP contribution is -2.22. The van der Waals surface area contributed by atoms with Crippen molar-refractivity contribution in [3.05, 3.63) is 59.2 Å². The van der Waals surface area contributed by atoms with Crippen molar-refractivity contribution in [1.82, 2.24) is 0 Å². The second-order valence-corrected chi connectivity index (χ2v) is 4.83. The molecular weight excluding hydrogens is 274 g/mol. The number of benzene rings is 2. The van der Waals surface area contributed by atoms with Crippen LogP contribution in [0.1, 0.15) is 11.1 Å². The number of rotatable bonds is 4. The molecule has 0 fully saturated rings. The van der Waals surface area contributed by atoms with Gasteiger partial charge in [-0.2, -0.15) is 0 Å². The highest BCUT2D eigenvalue weighted by Crippen LogP contribution is 2.19. The molecule has 5 heteroatoms. The number of amides is 1. The van der Waals surface area contributed by atoms with Crippen molar-refractivity contribution < 1.29 is 13.6 Å². The molecular formula is C16H16F2N2O. The van der Waals surface area contributed by atoms with Crippen LogP contribution in [0.2, 0.25) is 0 Å². The van der Waals surface area contributed by atoms with E-state index in [9.17, 15) is 13.6 Å². The van der Waals surface area contributed by atoms with Crippen LogP contribution in [0.4, 0.5) is 20.2 Å². The fraction of sp³-hybridized carbons (Fsp3) is 0.188. The van der Waals surface area contributed by atoms with Crippen molar-refractivity contribution in [2.75, 3.05) is 17.2 Å². The molecule has 2 aromatic rings. The van der Waals surface area contributed by atoms with Gasteiger partial charge in [0.25, 0.3) is 0 Å². The van der Waals surface area contributed by atoms with E-state index in [-0.39, 0.29) is 18.1 Å². The number of hydrogen-bond donors (Lipinski definition) is 2. The highest BCUT2D eigenvalue weighted by molar-refractivity contribution is 5.95. The van der Waals surface area contributed by atoms with Crippen molar-refractivity contribution in [3.63, 3.8) is 0 Å². The number of aryl methyl sites for hydroxylation is 2. The van der Waals surface area contributed by atoms with Crippen molar-refractivity contribution in [1.29, 1.82) is 0 Å². The molecule has 0 atom stereocenters. The van der Waals surface area contributed by atoms with Crippen molar-refractivity contribution >= 4 is 17.3 Å². The molecule has 2 aromatic carbocycles. The van der Waals surface area contributed by atoms with E-state index in [1.807, 2.05) is 32.0 Å². The highest BCUT2D eigenvalue weighted by atomic mass is 19.1. The summed E-state index contributed by atoms with van der Waals surface area (Å²) in [6.45, 7) is 3.73. The number of anilines is 2. The van der Waals surface area contributed by atoms with E-state index in [0.29, 0.717) is 0 Å². The first kappa shape index (κ1) is 15.0. The molecule has 0 saturated heterocycles. The molecule has 1 amide bonds. The van der Waals surface area contributed by atoms with Gasteiger partial charge in [0.05, 0.1) is 6.54 Å². The number of para-hydroxylation sites is 1. The van der Waals surface area contributed by atoms with Crippen LogP contribution in [0.25, 0.3) is 0 Å². The highest BCUT2D eigenvalue weighted by Gasteiger charge is 2.07. The third-order valence-corrected chi connectivity index (χ3v) is 3.06. The van der Waals surface area contributed by atoms with Gasteiger partial charge in [-0.15, -0.1) is 0 Å². The maximum Gasteiger partial charge on any atom is 0.243 e. The molecule has 0 aliphatic carbocycles. The van der Waals surface area contributed by atoms with Gasteiger partial charge in [0.1, 0.15) is 11.6 Å². The van der Waals surface area contributed by atoms with E-state index in [1.165, 1.54) is 0 Å². The molecule has 0 aliphatic rings. The molecule has 2 rings (SSSR count). The normalized spacial score (nSPS) is 10.3. The smallest absolute Gasteiger partial charge is 0.243 e. The van der Waals surface area contributed by atoms with Crippen LogP contribution in [0, 0.1) is 25.5 Å². The quantitative estimate of drug-likeness (QED) is 0.902. The summed E-state index contributed by atoms with van der Waals surface area (Å²) in [4.78, 5) is 11.9. The van der Waals surface area contributed by atoms with Gasteiger partial charge >= 0.3 is 0 Å². The van der Waals surface area contributed by atoms with Crippen LogP contribution >= 0.6 is 0 Å². The van der Waals surface area contributed by atoms with Gasteiger partial charge in [0.2, 0.25) is 5.91 Å². The molecule has 0 aromatic heterocycles. The Kier molecular flexibility index (Phi) is 4.52. The number of halogens is 2. The monoisotopic (exact) mass is 290 g/mol. The summed E-state index contributed by atoms with van der Waals surface area (Å²) in [7, 11) is 0. The fourth-order valence-electron chi connectivity index (χ4n) is 2.03. The first-order valence-corrected chi connectivity index (χ1v) is 6.52. The molecule has 0 bridgehead atoms. The van der Waals surface area contributed by atoms with Gasteiger partial charge in [-0.3, -0.25) is 4.79 Å². The van der Waals surface area contributed by atoms with Gasteiger partial charge < -0.3 is 10.6 Å². The maximum atomic E-state index is 13.0. The van der Waals surface area contributed by atoms with E-state index in [2.05, 4.69) is 10.6 Å². The number of nitrogens with one attached hydrogen (secondary N) is 2. The Hall–Kier alpha value is -2.43. The van der Waals surface area contributed by atoms with E-state index < -0.39 is 11.6 Å². The zero-order chi connectivity index (χ0) is 15.4. The summed E-state index contributed by atoms with van der Waals surface area (Å²) in [5, 5.41) is 5.48. The van der Waals surface area contributed by atoms with E-state index >= 15 is 0 Å². The summed E-state index contributed by atoms with van der Waals surface area (Å²) in [5.74, 6) is -1.66. The molecule has 3 nitrogen and oxygen atoms in total. The Morgan fingerprint density at radius 3 is 2.19 bits per heavy atom. The molecule has 0 aliphatic heterocycles. The molecule has 110 valence electrons. The molecule has 2 N–H and O–H groups in total. The van der Waals surface area contributed by atoms with Crippen molar-refractivity contribution in [2.24, 2.45) is 0 Å². The Morgan fingerprint density at radius 1 is 1.05 bits per heavy atom. The predicted octanol–water partition coefficient (Wildman–Crippen LogP) is 3.63. The minimum Gasteiger partial charge on any atom is -0.376 e. The second-order valence-electron chi connectivity index (χ2n) is 4.83. The van der Waals surface area contributed by atoms with Crippen molar-refractivity contribution in [3.8, 4) is 0 Å². The van der Waals surface area contributed by atoms with Crippen LogP contribution in [0.15, 0.2) is 36.4 Å². The third-order valence-electron chi connectivity index (χ3n) is 3.06. The summed E-state index contributed by atoms with van der Waals surface area (Å²) >= 11 is 0. The first-order valence-electron chi connectivity index (χ1n) is 6.52. The molecule has 0 unspecified atom stereocenters. The average Bonchev–Trinajstić information content (AvgIpc) is 2.40. The maximum absolute atomic E-state index is 13.0. The molecule has 21 heavy (non-hydrogen) atoms. The predicted molar refractivity (Wildman–Crippen MR) is 79.4 cm³/mol. The topological polar surface area (TPSA) is 41.1 Å². The largest absolute Gasteiger partial charge is 0.376 e. The molecule has 0 saturated carbocycles. The van der Waals surface area contributed by atoms with Gasteiger partial charge in [-0.1, -0.05) is 18.2 Å². The number of carbonyl (C=O) groups is 1. The summed E-state index contributed by atoms with van der Waals surface area (Å²) < 4.78 is 26.0. The summed E-state index contributed by atoms with van der Waals surface area (Å²) in [6, 6.07) is 8.76. The average molecular weight is 290 g/mol. The fourth-order valence-corrected chi connectivity index (χ4v) is 2.03. The Labute approximate surface area is 122 Å². The standard InChI is InChI=1S/C16H16F2N2O/c1-10-4-3-5-11(2)16(10)20-15(21)9-19-14-7-12(17)6-13(18)8-14/h3-8,19H,9H2,1-2H3,(H,20,21). The van der Waals surface area contributed by atoms with Gasteiger partial charge in [0.15, 0.2) is 0 Å². The summed E-state index contributed by atoms with van der Waals surface area (Å²) in [6.07, 6.45) is 0. The van der Waals surface area contributed by atoms with Crippen LogP contribution in [-0.4, -0.2) is 12.5 Å². The van der Waals surface area contributed by atoms with E-state index in [4.69, 9.17) is 0 Å². The summed E-state index contributed by atoms with van der Waals surface area (Å²) in [5.41, 5.74) is 2.90. The van der Waals surface area contributed by atoms with Crippen LogP contribution in [-0.2, 0) is 4.79 Å². The zero-order valence-electron chi connectivity index (χ0n) is 11.8. The Balaban J connectivity index is 1.99. The Bertz CT molecular complexity index is 631. The van der Waals surface area contributed by atoms with Gasteiger partial charge in [-0.25, -0.2) is 8.78 Å². The third kappa shape index (κ3) is 4.02. The van der Waals surface area contributed by atoms with Gasteiger partial charge in [-0.05, 0) is 37.1 Å². The van der Waals surface area contributed by atoms with E-state index in [1.54, 1.807) is 0 Å². The van der Waals surface area contributed by atoms with Crippen LogP contribution in [0.5, 0.6) is 0 Å². The Morgan fingerprint density at radius 2 is 1.62 bits per heavy atom. The molecule has 0 radical (unpaired) electrons. The lowest BCUT2D eigenvalue weighted by molar-refractivity contribution is -0.114. The minimum absolute atomic E-state index is 0.0728. The van der Waals surface area contributed by atoms with E-state index in [0.717, 1.165) is 35.0 Å². The van der Waals surface area contributed by atoms with Gasteiger partial charge in [0, 0.05) is 17.4 Å². The lowest BCUT2D eigenvalue weighted by atomic mass is 10.1. The second kappa shape index (κ2) is 6.35. The first-order chi connectivity index (χ1) is 9.95. The van der Waals surface area contributed by atoms with Crippen LogP contribution in [0.3, 0.4) is 0 Å². The lowest BCUT2D eigenvalue weighted by Gasteiger charge is -2.12. The SMILES string of the molecule is Cc1cccc(C)c1NC(=O)CNc1cc(F)cc(F)c1. The number of hydrogen-bond acceptors (Lipinski definition) is 2. The minimum atomic E-state index is -0.687. The zero-order valence-corrected chi connectivity index (χ0v) is 11.8. The van der Waals surface area contributed by atoms with Crippen LogP contribution < -0.4 is 10.6 Å². The number of carbonyl (C=O) groups excluding carboxylic acids is 1. The molecule has 0 spiro atoms. The molecule has 0 heterocycles. The van der Waals surface area contributed by atoms with Crippen molar-refractivity contribution in [2.45, 2.75) is 13.8 Å².